The molecule has 140 valence electrons. The first-order valence-corrected chi connectivity index (χ1v) is 9.72. The summed E-state index contributed by atoms with van der Waals surface area (Å²) in [6, 6.07) is 0.710. The SMILES string of the molecule is CCC(NCCCOC1CCN(C(=O)OC(C)(C)C)CC1)C1CC1. The Bertz CT molecular complexity index is 383. The number of nitrogens with one attached hydrogen (secondary N) is 1. The molecule has 0 spiro atoms. The van der Waals surface area contributed by atoms with E-state index in [2.05, 4.69) is 12.2 Å². The second-order valence-corrected chi connectivity index (χ2v) is 8.20. The number of ether oxygens (including phenoxy) is 2. The van der Waals surface area contributed by atoms with Crippen molar-refractivity contribution in [2.45, 2.75) is 84.0 Å². The molecule has 0 radical (unpaired) electrons. The van der Waals surface area contributed by atoms with E-state index in [0.29, 0.717) is 6.04 Å². The normalized spacial score (nSPS) is 20.9. The van der Waals surface area contributed by atoms with Crippen molar-refractivity contribution in [3.05, 3.63) is 0 Å². The van der Waals surface area contributed by atoms with Crippen LogP contribution in [0.25, 0.3) is 0 Å². The third-order valence-corrected chi connectivity index (χ3v) is 4.81. The van der Waals surface area contributed by atoms with Crippen LogP contribution in [0.4, 0.5) is 4.79 Å². The maximum absolute atomic E-state index is 12.0. The van der Waals surface area contributed by atoms with Gasteiger partial charge in [-0.25, -0.2) is 4.79 Å². The lowest BCUT2D eigenvalue weighted by Gasteiger charge is -2.33. The van der Waals surface area contributed by atoms with Crippen molar-refractivity contribution in [3.8, 4) is 0 Å². The largest absolute Gasteiger partial charge is 0.444 e. The van der Waals surface area contributed by atoms with Crippen LogP contribution in [0.2, 0.25) is 0 Å². The molecule has 1 aliphatic heterocycles. The minimum absolute atomic E-state index is 0.198. The van der Waals surface area contributed by atoms with Gasteiger partial charge in [0.25, 0.3) is 0 Å². The molecule has 2 fully saturated rings. The number of nitrogens with zero attached hydrogens (tertiary/aromatic N) is 1. The molecule has 1 aliphatic carbocycles. The van der Waals surface area contributed by atoms with Gasteiger partial charge in [0, 0.05) is 25.7 Å². The van der Waals surface area contributed by atoms with Gasteiger partial charge in [-0.15, -0.1) is 0 Å². The number of likely N-dealkylation sites (tertiary alicyclic amines) is 1. The van der Waals surface area contributed by atoms with Crippen LogP contribution in [0.15, 0.2) is 0 Å². The van der Waals surface area contributed by atoms with Crippen LogP contribution >= 0.6 is 0 Å². The molecule has 1 saturated carbocycles. The van der Waals surface area contributed by atoms with Gasteiger partial charge in [-0.1, -0.05) is 6.92 Å². The van der Waals surface area contributed by atoms with Crippen LogP contribution in [0.1, 0.15) is 66.2 Å². The molecule has 2 aliphatic rings. The van der Waals surface area contributed by atoms with E-state index in [1.54, 1.807) is 4.90 Å². The predicted octanol–water partition coefficient (Wildman–Crippen LogP) is 3.57. The predicted molar refractivity (Wildman–Crippen MR) is 96.2 cm³/mol. The summed E-state index contributed by atoms with van der Waals surface area (Å²) in [6.45, 7) is 11.3. The number of rotatable bonds is 8. The van der Waals surface area contributed by atoms with Gasteiger partial charge >= 0.3 is 6.09 Å². The van der Waals surface area contributed by atoms with Gasteiger partial charge in [0.05, 0.1) is 6.10 Å². The monoisotopic (exact) mass is 340 g/mol. The van der Waals surface area contributed by atoms with Crippen molar-refractivity contribution in [1.29, 1.82) is 0 Å². The quantitative estimate of drug-likeness (QED) is 0.686. The summed E-state index contributed by atoms with van der Waals surface area (Å²) in [6.07, 6.45) is 7.00. The molecule has 0 bridgehead atoms. The van der Waals surface area contributed by atoms with E-state index >= 15 is 0 Å². The molecule has 5 heteroatoms. The van der Waals surface area contributed by atoms with Crippen LogP contribution in [0.5, 0.6) is 0 Å². The third-order valence-electron chi connectivity index (χ3n) is 4.81. The second-order valence-electron chi connectivity index (χ2n) is 8.20. The lowest BCUT2D eigenvalue weighted by atomic mass is 10.1. The zero-order valence-electron chi connectivity index (χ0n) is 16.0. The van der Waals surface area contributed by atoms with Gasteiger partial charge in [0.1, 0.15) is 5.60 Å². The Morgan fingerprint density at radius 2 is 1.88 bits per heavy atom. The van der Waals surface area contributed by atoms with Crippen LogP contribution in [-0.2, 0) is 9.47 Å². The molecule has 2 rings (SSSR count). The Morgan fingerprint density at radius 1 is 1.21 bits per heavy atom. The summed E-state index contributed by atoms with van der Waals surface area (Å²) in [5.74, 6) is 0.924. The first kappa shape index (κ1) is 19.5. The fraction of sp³-hybridized carbons (Fsp3) is 0.947. The van der Waals surface area contributed by atoms with Gasteiger partial charge in [0.15, 0.2) is 0 Å². The number of carbonyl (C=O) groups excluding carboxylic acids is 1. The van der Waals surface area contributed by atoms with Crippen molar-refractivity contribution in [2.24, 2.45) is 5.92 Å². The zero-order valence-corrected chi connectivity index (χ0v) is 16.0. The number of piperidine rings is 1. The van der Waals surface area contributed by atoms with Crippen molar-refractivity contribution >= 4 is 6.09 Å². The minimum Gasteiger partial charge on any atom is -0.444 e. The van der Waals surface area contributed by atoms with Crippen molar-refractivity contribution in [3.63, 3.8) is 0 Å². The Hall–Kier alpha value is -0.810. The summed E-state index contributed by atoms with van der Waals surface area (Å²) >= 11 is 0. The first-order valence-electron chi connectivity index (χ1n) is 9.72. The lowest BCUT2D eigenvalue weighted by molar-refractivity contribution is -0.0118. The average Bonchev–Trinajstić information content (AvgIpc) is 3.34. The molecule has 1 unspecified atom stereocenters. The van der Waals surface area contributed by atoms with E-state index in [9.17, 15) is 4.79 Å². The van der Waals surface area contributed by atoms with E-state index in [4.69, 9.17) is 9.47 Å². The Kier molecular flexibility index (Phi) is 7.35. The summed E-state index contributed by atoms with van der Waals surface area (Å²) < 4.78 is 11.4. The van der Waals surface area contributed by atoms with Crippen molar-refractivity contribution < 1.29 is 14.3 Å². The van der Waals surface area contributed by atoms with Gasteiger partial charge in [0.2, 0.25) is 0 Å². The lowest BCUT2D eigenvalue weighted by Crippen LogP contribution is -2.43. The molecule has 1 amide bonds. The highest BCUT2D eigenvalue weighted by Crippen LogP contribution is 2.33. The number of hydrogen-bond donors (Lipinski definition) is 1. The highest BCUT2D eigenvalue weighted by molar-refractivity contribution is 5.68. The molecule has 24 heavy (non-hydrogen) atoms. The summed E-state index contributed by atoms with van der Waals surface area (Å²) in [5.41, 5.74) is -0.422. The van der Waals surface area contributed by atoms with Gasteiger partial charge in [-0.2, -0.15) is 0 Å². The molecule has 1 N–H and O–H groups in total. The molecular weight excluding hydrogens is 304 g/mol. The van der Waals surface area contributed by atoms with E-state index < -0.39 is 5.60 Å². The average molecular weight is 341 g/mol. The van der Waals surface area contributed by atoms with Gasteiger partial charge in [-0.3, -0.25) is 0 Å². The fourth-order valence-electron chi connectivity index (χ4n) is 3.28. The van der Waals surface area contributed by atoms with E-state index in [1.807, 2.05) is 20.8 Å². The standard InChI is InChI=1S/C19H36N2O3/c1-5-17(15-7-8-15)20-11-6-14-23-16-9-12-21(13-10-16)18(22)24-19(2,3)4/h15-17,20H,5-14H2,1-4H3. The van der Waals surface area contributed by atoms with Crippen LogP contribution in [-0.4, -0.2) is 55.0 Å². The maximum atomic E-state index is 12.0. The number of hydrogen-bond acceptors (Lipinski definition) is 4. The van der Waals surface area contributed by atoms with Crippen molar-refractivity contribution in [2.75, 3.05) is 26.2 Å². The third kappa shape index (κ3) is 6.98. The number of amides is 1. The molecular formula is C19H36N2O3. The smallest absolute Gasteiger partial charge is 0.410 e. The highest BCUT2D eigenvalue weighted by Gasteiger charge is 2.29. The van der Waals surface area contributed by atoms with Gasteiger partial charge in [-0.05, 0) is 71.8 Å². The maximum Gasteiger partial charge on any atom is 0.410 e. The molecule has 0 aromatic carbocycles. The zero-order chi connectivity index (χ0) is 17.6. The van der Waals surface area contributed by atoms with Crippen molar-refractivity contribution in [1.82, 2.24) is 10.2 Å². The van der Waals surface area contributed by atoms with Crippen LogP contribution < -0.4 is 5.32 Å². The molecule has 0 aromatic heterocycles. The molecule has 0 aromatic rings. The van der Waals surface area contributed by atoms with E-state index in [0.717, 1.165) is 51.4 Å². The van der Waals surface area contributed by atoms with Gasteiger partial charge < -0.3 is 19.7 Å². The molecule has 1 saturated heterocycles. The summed E-state index contributed by atoms with van der Waals surface area (Å²) in [5, 5.41) is 3.66. The van der Waals surface area contributed by atoms with E-state index in [1.165, 1.54) is 19.3 Å². The Morgan fingerprint density at radius 3 is 2.42 bits per heavy atom. The molecule has 1 atom stereocenters. The number of carbonyl (C=O) groups is 1. The summed E-state index contributed by atoms with van der Waals surface area (Å²) in [7, 11) is 0. The first-order chi connectivity index (χ1) is 11.4. The highest BCUT2D eigenvalue weighted by atomic mass is 16.6. The molecule has 5 nitrogen and oxygen atoms in total. The van der Waals surface area contributed by atoms with E-state index in [-0.39, 0.29) is 12.2 Å². The summed E-state index contributed by atoms with van der Waals surface area (Å²) in [4.78, 5) is 13.8. The van der Waals surface area contributed by atoms with Crippen LogP contribution in [0.3, 0.4) is 0 Å². The second kappa shape index (κ2) is 9.04. The minimum atomic E-state index is -0.422. The van der Waals surface area contributed by atoms with Crippen LogP contribution in [0, 0.1) is 5.92 Å². The Labute approximate surface area is 147 Å². The fourth-order valence-corrected chi connectivity index (χ4v) is 3.28. The Balaban J connectivity index is 1.52. The molecule has 1 heterocycles. The topological polar surface area (TPSA) is 50.8 Å².